The molecule has 0 saturated heterocycles. The molecule has 100 valence electrons. The molecule has 0 amide bonds. The van der Waals surface area contributed by atoms with Crippen LogP contribution in [0.4, 0.5) is 0 Å². The third kappa shape index (κ3) is 2.93. The second-order valence-electron chi connectivity index (χ2n) is 4.41. The summed E-state index contributed by atoms with van der Waals surface area (Å²) in [7, 11) is 0. The van der Waals surface area contributed by atoms with Gasteiger partial charge in [-0.15, -0.1) is 5.10 Å². The predicted octanol–water partition coefficient (Wildman–Crippen LogP) is 3.42. The molecule has 19 heavy (non-hydrogen) atoms. The summed E-state index contributed by atoms with van der Waals surface area (Å²) >= 11 is 3.43. The molecule has 1 heterocycles. The van der Waals surface area contributed by atoms with E-state index in [2.05, 4.69) is 26.1 Å². The smallest absolute Gasteiger partial charge is 0.243 e. The van der Waals surface area contributed by atoms with E-state index in [1.807, 2.05) is 39.0 Å². The van der Waals surface area contributed by atoms with Crippen molar-refractivity contribution in [3.8, 4) is 11.6 Å². The van der Waals surface area contributed by atoms with Gasteiger partial charge in [0, 0.05) is 16.6 Å². The van der Waals surface area contributed by atoms with Gasteiger partial charge in [-0.25, -0.2) is 0 Å². The first kappa shape index (κ1) is 14.0. The summed E-state index contributed by atoms with van der Waals surface area (Å²) in [6.07, 6.45) is 0. The molecule has 0 aliphatic rings. The third-order valence-corrected chi connectivity index (χ3v) is 3.60. The minimum Gasteiger partial charge on any atom is -0.437 e. The van der Waals surface area contributed by atoms with Gasteiger partial charge in [0.05, 0.1) is 5.69 Å². The number of rotatable bonds is 3. The lowest BCUT2D eigenvalue weighted by Gasteiger charge is -2.13. The lowest BCUT2D eigenvalue weighted by Crippen LogP contribution is -2.07. The van der Waals surface area contributed by atoms with Crippen molar-refractivity contribution >= 4 is 15.9 Å². The maximum absolute atomic E-state index is 5.86. The van der Waals surface area contributed by atoms with Gasteiger partial charge in [0.1, 0.15) is 5.75 Å². The molecule has 0 radical (unpaired) electrons. The molecular formula is C14H16BrN3O. The Morgan fingerprint density at radius 1 is 1.21 bits per heavy atom. The summed E-state index contributed by atoms with van der Waals surface area (Å²) < 4.78 is 6.82. The van der Waals surface area contributed by atoms with Crippen LogP contribution >= 0.6 is 15.9 Å². The molecule has 0 aliphatic carbocycles. The molecule has 0 unspecified atom stereocenters. The number of nitrogens with two attached hydrogens (primary N) is 1. The number of halogens is 1. The van der Waals surface area contributed by atoms with E-state index in [0.717, 1.165) is 32.6 Å². The van der Waals surface area contributed by atoms with Crippen molar-refractivity contribution in [2.75, 3.05) is 0 Å². The maximum atomic E-state index is 5.86. The number of hydrogen-bond donors (Lipinski definition) is 1. The number of hydrogen-bond acceptors (Lipinski definition) is 4. The summed E-state index contributed by atoms with van der Waals surface area (Å²) in [6.45, 7) is 6.26. The zero-order valence-electron chi connectivity index (χ0n) is 11.2. The highest BCUT2D eigenvalue weighted by atomic mass is 79.9. The van der Waals surface area contributed by atoms with Gasteiger partial charge in [0.2, 0.25) is 5.88 Å². The van der Waals surface area contributed by atoms with Crippen molar-refractivity contribution in [3.05, 3.63) is 45.1 Å². The third-order valence-electron chi connectivity index (χ3n) is 3.11. The van der Waals surface area contributed by atoms with Gasteiger partial charge in [-0.1, -0.05) is 22.0 Å². The zero-order chi connectivity index (χ0) is 14.0. The zero-order valence-corrected chi connectivity index (χ0v) is 12.8. The standard InChI is InChI=1S/C14H16BrN3O/c1-8-4-5-11(15)6-13(8)19-14-12(7-16)9(2)10(3)17-18-14/h4-6H,7,16H2,1-3H3. The van der Waals surface area contributed by atoms with Gasteiger partial charge < -0.3 is 10.5 Å². The molecule has 4 nitrogen and oxygen atoms in total. The van der Waals surface area contributed by atoms with E-state index >= 15 is 0 Å². The number of aryl methyl sites for hydroxylation is 2. The average molecular weight is 322 g/mol. The Hall–Kier alpha value is -1.46. The van der Waals surface area contributed by atoms with Crippen molar-refractivity contribution in [2.24, 2.45) is 5.73 Å². The van der Waals surface area contributed by atoms with Gasteiger partial charge in [0.25, 0.3) is 0 Å². The van der Waals surface area contributed by atoms with Gasteiger partial charge in [-0.3, -0.25) is 0 Å². The maximum Gasteiger partial charge on any atom is 0.243 e. The molecule has 1 aromatic heterocycles. The van der Waals surface area contributed by atoms with Crippen molar-refractivity contribution in [2.45, 2.75) is 27.3 Å². The molecule has 5 heteroatoms. The fraction of sp³-hybridized carbons (Fsp3) is 0.286. The van der Waals surface area contributed by atoms with Crippen LogP contribution in [-0.2, 0) is 6.54 Å². The molecule has 2 rings (SSSR count). The summed E-state index contributed by atoms with van der Waals surface area (Å²) in [5.74, 6) is 1.23. The molecule has 0 aliphatic heterocycles. The van der Waals surface area contributed by atoms with Crippen molar-refractivity contribution in [1.29, 1.82) is 0 Å². The molecule has 0 atom stereocenters. The Balaban J connectivity index is 2.43. The number of ether oxygens (including phenoxy) is 1. The number of benzene rings is 1. The molecule has 0 saturated carbocycles. The van der Waals surface area contributed by atoms with Crippen molar-refractivity contribution < 1.29 is 4.74 Å². The number of aromatic nitrogens is 2. The topological polar surface area (TPSA) is 61.0 Å². The predicted molar refractivity (Wildman–Crippen MR) is 78.4 cm³/mol. The van der Waals surface area contributed by atoms with Crippen LogP contribution < -0.4 is 10.5 Å². The Kier molecular flexibility index (Phi) is 4.17. The molecule has 0 fully saturated rings. The Bertz CT molecular complexity index is 614. The van der Waals surface area contributed by atoms with Crippen molar-refractivity contribution in [1.82, 2.24) is 10.2 Å². The fourth-order valence-electron chi connectivity index (χ4n) is 1.74. The highest BCUT2D eigenvalue weighted by molar-refractivity contribution is 9.10. The largest absolute Gasteiger partial charge is 0.437 e. The second kappa shape index (κ2) is 5.67. The molecule has 0 bridgehead atoms. The van der Waals surface area contributed by atoms with Gasteiger partial charge in [-0.05, 0) is 44.0 Å². The molecular weight excluding hydrogens is 306 g/mol. The van der Waals surface area contributed by atoms with Crippen LogP contribution in [-0.4, -0.2) is 10.2 Å². The van der Waals surface area contributed by atoms with Crippen LogP contribution in [0, 0.1) is 20.8 Å². The van der Waals surface area contributed by atoms with Crippen LogP contribution in [0.25, 0.3) is 0 Å². The van der Waals surface area contributed by atoms with E-state index in [1.54, 1.807) is 0 Å². The van der Waals surface area contributed by atoms with E-state index in [-0.39, 0.29) is 0 Å². The molecule has 1 aromatic carbocycles. The van der Waals surface area contributed by atoms with Crippen LogP contribution in [0.5, 0.6) is 11.6 Å². The quantitative estimate of drug-likeness (QED) is 0.941. The van der Waals surface area contributed by atoms with Crippen LogP contribution in [0.15, 0.2) is 22.7 Å². The Labute approximate surface area is 121 Å². The first-order chi connectivity index (χ1) is 9.02. The van der Waals surface area contributed by atoms with Gasteiger partial charge in [-0.2, -0.15) is 5.10 Å². The highest BCUT2D eigenvalue weighted by Gasteiger charge is 2.13. The van der Waals surface area contributed by atoms with Crippen molar-refractivity contribution in [3.63, 3.8) is 0 Å². The Morgan fingerprint density at radius 3 is 2.63 bits per heavy atom. The Morgan fingerprint density at radius 2 is 1.95 bits per heavy atom. The van der Waals surface area contributed by atoms with Gasteiger partial charge >= 0.3 is 0 Å². The normalized spacial score (nSPS) is 10.6. The highest BCUT2D eigenvalue weighted by Crippen LogP contribution is 2.30. The summed E-state index contributed by atoms with van der Waals surface area (Å²) in [4.78, 5) is 0. The SMILES string of the molecule is Cc1ccc(Br)cc1Oc1nnc(C)c(C)c1CN. The molecule has 2 aromatic rings. The summed E-state index contributed by atoms with van der Waals surface area (Å²) in [6, 6.07) is 5.86. The van der Waals surface area contributed by atoms with Crippen LogP contribution in [0.2, 0.25) is 0 Å². The summed E-state index contributed by atoms with van der Waals surface area (Å²) in [5, 5.41) is 8.20. The monoisotopic (exact) mass is 321 g/mol. The average Bonchev–Trinajstić information content (AvgIpc) is 2.38. The fourth-order valence-corrected chi connectivity index (χ4v) is 2.09. The van der Waals surface area contributed by atoms with E-state index in [1.165, 1.54) is 0 Å². The lowest BCUT2D eigenvalue weighted by molar-refractivity contribution is 0.443. The molecule has 2 N–H and O–H groups in total. The minimum atomic E-state index is 0.380. The van der Waals surface area contributed by atoms with Crippen LogP contribution in [0.1, 0.15) is 22.4 Å². The first-order valence-corrected chi connectivity index (χ1v) is 6.79. The van der Waals surface area contributed by atoms with Crippen LogP contribution in [0.3, 0.4) is 0 Å². The van der Waals surface area contributed by atoms with E-state index < -0.39 is 0 Å². The number of nitrogens with zero attached hydrogens (tertiary/aromatic N) is 2. The minimum absolute atomic E-state index is 0.380. The molecule has 0 spiro atoms. The van der Waals surface area contributed by atoms with Gasteiger partial charge in [0.15, 0.2) is 0 Å². The first-order valence-electron chi connectivity index (χ1n) is 5.99. The lowest BCUT2D eigenvalue weighted by atomic mass is 10.1. The summed E-state index contributed by atoms with van der Waals surface area (Å²) in [5.41, 5.74) is 9.62. The second-order valence-corrected chi connectivity index (χ2v) is 5.33. The van der Waals surface area contributed by atoms with E-state index in [0.29, 0.717) is 12.4 Å². The van der Waals surface area contributed by atoms with E-state index in [9.17, 15) is 0 Å². The van der Waals surface area contributed by atoms with E-state index in [4.69, 9.17) is 10.5 Å².